The summed E-state index contributed by atoms with van der Waals surface area (Å²) >= 11 is 15.3. The second kappa shape index (κ2) is 11.1. The first-order chi connectivity index (χ1) is 15.4. The fraction of sp³-hybridized carbons (Fsp3) is 0.0870. The molecule has 3 aromatic rings. The van der Waals surface area contributed by atoms with Gasteiger partial charge in [0.15, 0.2) is 11.5 Å². The molecule has 0 atom stereocenters. The summed E-state index contributed by atoms with van der Waals surface area (Å²) in [5.41, 5.74) is 3.75. The Bertz CT molecular complexity index is 1170. The van der Waals surface area contributed by atoms with Crippen molar-refractivity contribution in [2.75, 3.05) is 6.61 Å². The van der Waals surface area contributed by atoms with Crippen LogP contribution >= 0.6 is 39.1 Å². The van der Waals surface area contributed by atoms with Crippen LogP contribution in [0.2, 0.25) is 10.0 Å². The van der Waals surface area contributed by atoms with Gasteiger partial charge in [-0.15, -0.1) is 0 Å². The van der Waals surface area contributed by atoms with Crippen LogP contribution in [0.3, 0.4) is 0 Å². The number of carbonyl (C=O) groups excluding carboxylic acids is 2. The maximum atomic E-state index is 12.5. The lowest BCUT2D eigenvalue weighted by atomic mass is 10.2. The molecule has 0 heterocycles. The van der Waals surface area contributed by atoms with E-state index in [9.17, 15) is 9.59 Å². The molecule has 0 bridgehead atoms. The van der Waals surface area contributed by atoms with Gasteiger partial charge in [0.1, 0.15) is 0 Å². The molecule has 0 aliphatic rings. The van der Waals surface area contributed by atoms with Gasteiger partial charge in [-0.3, -0.25) is 4.79 Å². The number of carbonyl (C=O) groups is 2. The Morgan fingerprint density at radius 3 is 2.47 bits per heavy atom. The van der Waals surface area contributed by atoms with Gasteiger partial charge in [-0.1, -0.05) is 39.1 Å². The molecule has 3 aromatic carbocycles. The highest BCUT2D eigenvalue weighted by Crippen LogP contribution is 2.30. The van der Waals surface area contributed by atoms with Crippen molar-refractivity contribution in [3.8, 4) is 11.5 Å². The zero-order valence-corrected chi connectivity index (χ0v) is 19.9. The molecule has 9 heteroatoms. The Hall–Kier alpha value is -2.87. The van der Waals surface area contributed by atoms with Crippen LogP contribution in [0.4, 0.5) is 0 Å². The molecule has 0 spiro atoms. The summed E-state index contributed by atoms with van der Waals surface area (Å²) in [7, 11) is 0. The largest absolute Gasteiger partial charge is 0.490 e. The molecule has 164 valence electrons. The zero-order chi connectivity index (χ0) is 23.1. The number of hydrazone groups is 1. The summed E-state index contributed by atoms with van der Waals surface area (Å²) in [6.07, 6.45) is 1.46. The average molecular weight is 536 g/mol. The second-order valence-electron chi connectivity index (χ2n) is 6.36. The lowest BCUT2D eigenvalue weighted by molar-refractivity contribution is 0.0728. The number of hydrogen-bond donors (Lipinski definition) is 1. The number of halogens is 3. The van der Waals surface area contributed by atoms with Crippen molar-refractivity contribution in [2.24, 2.45) is 5.10 Å². The second-order valence-corrected chi connectivity index (χ2v) is 8.12. The SMILES string of the molecule is CCOc1cc(/C=N/NC(=O)c2ccc(Br)cc2)ccc1OC(=O)c1ccc(Cl)cc1Cl. The molecule has 1 amide bonds. The van der Waals surface area contributed by atoms with E-state index in [0.717, 1.165) is 4.47 Å². The van der Waals surface area contributed by atoms with Crippen LogP contribution in [-0.4, -0.2) is 24.7 Å². The Morgan fingerprint density at radius 2 is 1.78 bits per heavy atom. The van der Waals surface area contributed by atoms with Crippen molar-refractivity contribution in [3.05, 3.63) is 91.9 Å². The highest BCUT2D eigenvalue weighted by atomic mass is 79.9. The summed E-state index contributed by atoms with van der Waals surface area (Å²) in [4.78, 5) is 24.6. The van der Waals surface area contributed by atoms with E-state index in [0.29, 0.717) is 28.5 Å². The summed E-state index contributed by atoms with van der Waals surface area (Å²) in [5.74, 6) is -0.423. The highest BCUT2D eigenvalue weighted by Gasteiger charge is 2.16. The molecule has 1 N–H and O–H groups in total. The van der Waals surface area contributed by atoms with Crippen molar-refractivity contribution in [1.82, 2.24) is 5.43 Å². The molecule has 0 aliphatic carbocycles. The molecule has 0 aromatic heterocycles. The summed E-state index contributed by atoms with van der Waals surface area (Å²) in [5, 5.41) is 4.57. The highest BCUT2D eigenvalue weighted by molar-refractivity contribution is 9.10. The van der Waals surface area contributed by atoms with E-state index in [1.165, 1.54) is 18.3 Å². The Balaban J connectivity index is 1.72. The third kappa shape index (κ3) is 6.32. The van der Waals surface area contributed by atoms with Gasteiger partial charge >= 0.3 is 5.97 Å². The smallest absolute Gasteiger partial charge is 0.345 e. The van der Waals surface area contributed by atoms with Crippen molar-refractivity contribution in [3.63, 3.8) is 0 Å². The van der Waals surface area contributed by atoms with Gasteiger partial charge in [0.05, 0.1) is 23.4 Å². The van der Waals surface area contributed by atoms with E-state index in [-0.39, 0.29) is 22.2 Å². The van der Waals surface area contributed by atoms with Crippen molar-refractivity contribution in [2.45, 2.75) is 6.92 Å². The normalized spacial score (nSPS) is 10.8. The van der Waals surface area contributed by atoms with Crippen molar-refractivity contribution < 1.29 is 19.1 Å². The van der Waals surface area contributed by atoms with Crippen LogP contribution in [0.5, 0.6) is 11.5 Å². The Morgan fingerprint density at radius 1 is 1.03 bits per heavy atom. The lowest BCUT2D eigenvalue weighted by Crippen LogP contribution is -2.17. The van der Waals surface area contributed by atoms with E-state index in [4.69, 9.17) is 32.7 Å². The first-order valence-corrected chi connectivity index (χ1v) is 11.0. The molecule has 0 aliphatic heterocycles. The van der Waals surface area contributed by atoms with Crippen LogP contribution < -0.4 is 14.9 Å². The molecule has 0 saturated heterocycles. The van der Waals surface area contributed by atoms with E-state index in [2.05, 4.69) is 26.5 Å². The maximum absolute atomic E-state index is 12.5. The third-order valence-corrected chi connectivity index (χ3v) is 5.18. The van der Waals surface area contributed by atoms with E-state index >= 15 is 0 Å². The molecular formula is C23H17BrCl2N2O4. The Labute approximate surface area is 203 Å². The Kier molecular flexibility index (Phi) is 8.27. The minimum absolute atomic E-state index is 0.180. The van der Waals surface area contributed by atoms with Gasteiger partial charge < -0.3 is 9.47 Å². The molecule has 0 unspecified atom stereocenters. The van der Waals surface area contributed by atoms with Gasteiger partial charge in [-0.25, -0.2) is 10.2 Å². The molecule has 32 heavy (non-hydrogen) atoms. The van der Waals surface area contributed by atoms with E-state index in [1.807, 2.05) is 0 Å². The van der Waals surface area contributed by atoms with Crippen LogP contribution in [-0.2, 0) is 0 Å². The molecule has 3 rings (SSSR count). The van der Waals surface area contributed by atoms with Gasteiger partial charge in [0.25, 0.3) is 5.91 Å². The van der Waals surface area contributed by atoms with Crippen LogP contribution in [0, 0.1) is 0 Å². The lowest BCUT2D eigenvalue weighted by Gasteiger charge is -2.12. The van der Waals surface area contributed by atoms with Crippen molar-refractivity contribution in [1.29, 1.82) is 0 Å². The molecule has 0 fully saturated rings. The predicted octanol–water partition coefficient (Wildman–Crippen LogP) is 6.14. The molecule has 0 radical (unpaired) electrons. The predicted molar refractivity (Wildman–Crippen MR) is 128 cm³/mol. The summed E-state index contributed by atoms with van der Waals surface area (Å²) in [6, 6.07) is 16.3. The fourth-order valence-corrected chi connectivity index (χ4v) is 3.35. The summed E-state index contributed by atoms with van der Waals surface area (Å²) < 4.78 is 11.9. The number of benzene rings is 3. The first kappa shape index (κ1) is 23.8. The van der Waals surface area contributed by atoms with Gasteiger partial charge in [-0.2, -0.15) is 5.10 Å². The quantitative estimate of drug-likeness (QED) is 0.171. The number of amides is 1. The number of rotatable bonds is 7. The number of nitrogens with zero attached hydrogens (tertiary/aromatic N) is 1. The number of hydrogen-bond acceptors (Lipinski definition) is 5. The minimum atomic E-state index is -0.643. The standard InChI is InChI=1S/C23H17BrCl2N2O4/c1-2-31-21-11-14(13-27-28-22(29)15-4-6-16(24)7-5-15)3-10-20(21)32-23(30)18-9-8-17(25)12-19(18)26/h3-13H,2H2,1H3,(H,28,29)/b27-13+. The van der Waals surface area contributed by atoms with Crippen molar-refractivity contribution >= 4 is 57.2 Å². The van der Waals surface area contributed by atoms with Crippen LogP contribution in [0.25, 0.3) is 0 Å². The number of esters is 1. The van der Waals surface area contributed by atoms with Gasteiger partial charge in [0, 0.05) is 15.1 Å². The molecular weight excluding hydrogens is 519 g/mol. The molecule has 6 nitrogen and oxygen atoms in total. The van der Waals surface area contributed by atoms with Gasteiger partial charge in [0.2, 0.25) is 0 Å². The van der Waals surface area contributed by atoms with Crippen LogP contribution in [0.1, 0.15) is 33.2 Å². The number of nitrogens with one attached hydrogen (secondary N) is 1. The van der Waals surface area contributed by atoms with Crippen LogP contribution in [0.15, 0.2) is 70.2 Å². The zero-order valence-electron chi connectivity index (χ0n) is 16.8. The first-order valence-electron chi connectivity index (χ1n) is 9.40. The topological polar surface area (TPSA) is 77.0 Å². The van der Waals surface area contributed by atoms with Gasteiger partial charge in [-0.05, 0) is 73.2 Å². The average Bonchev–Trinajstić information content (AvgIpc) is 2.76. The summed E-state index contributed by atoms with van der Waals surface area (Å²) in [6.45, 7) is 2.16. The monoisotopic (exact) mass is 534 g/mol. The third-order valence-electron chi connectivity index (χ3n) is 4.11. The maximum Gasteiger partial charge on any atom is 0.345 e. The minimum Gasteiger partial charge on any atom is -0.490 e. The fourth-order valence-electron chi connectivity index (χ4n) is 2.60. The molecule has 0 saturated carbocycles. The van der Waals surface area contributed by atoms with E-state index < -0.39 is 5.97 Å². The van der Waals surface area contributed by atoms with E-state index in [1.54, 1.807) is 55.5 Å². The number of ether oxygens (including phenoxy) is 2.